The van der Waals surface area contributed by atoms with Gasteiger partial charge in [-0.2, -0.15) is 0 Å². The SMILES string of the molecule is C=C(S/C=C\C)c1cc(C)c(C(C)C)c(F)c1.CC.CC(=N)/C(=C(/C)N)c1ccc(F)c(C)c1C. The molecule has 5 heteroatoms. The van der Waals surface area contributed by atoms with Gasteiger partial charge < -0.3 is 11.1 Å². The van der Waals surface area contributed by atoms with Crippen LogP contribution in [-0.2, 0) is 0 Å². The summed E-state index contributed by atoms with van der Waals surface area (Å²) in [6.45, 7) is 22.9. The minimum absolute atomic E-state index is 0.128. The lowest BCUT2D eigenvalue weighted by Gasteiger charge is -2.14. The first-order valence-electron chi connectivity index (χ1n) is 11.9. The predicted octanol–water partition coefficient (Wildman–Crippen LogP) is 9.69. The molecule has 0 heterocycles. The molecule has 0 saturated heterocycles. The summed E-state index contributed by atoms with van der Waals surface area (Å²) in [5, 5.41) is 9.66. The number of rotatable bonds is 6. The molecular weight excluding hydrogens is 458 g/mol. The molecule has 0 fully saturated rings. The number of benzene rings is 2. The molecule has 0 bridgehead atoms. The monoisotopic (exact) mass is 500 g/mol. The molecule has 2 aromatic rings. The van der Waals surface area contributed by atoms with Crippen LogP contribution in [0.15, 0.2) is 48.0 Å². The Hall–Kier alpha value is -2.66. The molecule has 2 rings (SSSR count). The van der Waals surface area contributed by atoms with E-state index in [2.05, 4.69) is 6.58 Å². The van der Waals surface area contributed by atoms with Crippen LogP contribution in [0.5, 0.6) is 0 Å². The molecule has 3 N–H and O–H groups in total. The van der Waals surface area contributed by atoms with Crippen molar-refractivity contribution in [1.82, 2.24) is 0 Å². The van der Waals surface area contributed by atoms with E-state index in [1.807, 2.05) is 66.0 Å². The van der Waals surface area contributed by atoms with Gasteiger partial charge in [-0.05, 0) is 98.4 Å². The number of thioether (sulfide) groups is 1. The van der Waals surface area contributed by atoms with E-state index in [1.165, 1.54) is 17.8 Å². The Labute approximate surface area is 215 Å². The average molecular weight is 501 g/mol. The fraction of sp³-hybridized carbons (Fsp3) is 0.367. The number of aryl methyl sites for hydroxylation is 1. The Balaban J connectivity index is 0.000000618. The lowest BCUT2D eigenvalue weighted by Crippen LogP contribution is -2.07. The van der Waals surface area contributed by atoms with E-state index in [9.17, 15) is 8.78 Å². The van der Waals surface area contributed by atoms with Crippen LogP contribution in [0, 0.1) is 37.8 Å². The topological polar surface area (TPSA) is 49.9 Å². The van der Waals surface area contributed by atoms with Crippen molar-refractivity contribution < 1.29 is 8.78 Å². The molecule has 0 radical (unpaired) electrons. The van der Waals surface area contributed by atoms with Crippen LogP contribution in [0.4, 0.5) is 8.78 Å². The molecule has 2 aromatic carbocycles. The summed E-state index contributed by atoms with van der Waals surface area (Å²) >= 11 is 1.52. The van der Waals surface area contributed by atoms with Crippen molar-refractivity contribution in [3.63, 3.8) is 0 Å². The van der Waals surface area contributed by atoms with Crippen LogP contribution in [0.1, 0.15) is 87.8 Å². The first kappa shape index (κ1) is 32.3. The second-order valence-electron chi connectivity index (χ2n) is 8.38. The third-order valence-electron chi connectivity index (χ3n) is 5.34. The molecule has 0 spiro atoms. The zero-order valence-corrected chi connectivity index (χ0v) is 23.8. The Morgan fingerprint density at radius 1 is 1.03 bits per heavy atom. The number of allylic oxidation sites excluding steroid dienone is 3. The van der Waals surface area contributed by atoms with Crippen molar-refractivity contribution in [3.8, 4) is 0 Å². The third kappa shape index (κ3) is 9.14. The maximum atomic E-state index is 14.0. The molecule has 0 aliphatic rings. The Morgan fingerprint density at radius 2 is 1.60 bits per heavy atom. The van der Waals surface area contributed by atoms with Crippen LogP contribution >= 0.6 is 11.8 Å². The van der Waals surface area contributed by atoms with Crippen molar-refractivity contribution >= 4 is 28.0 Å². The Kier molecular flexibility index (Phi) is 14.2. The van der Waals surface area contributed by atoms with Crippen molar-refractivity contribution in [2.75, 3.05) is 0 Å². The largest absolute Gasteiger partial charge is 0.402 e. The summed E-state index contributed by atoms with van der Waals surface area (Å²) in [7, 11) is 0. The van der Waals surface area contributed by atoms with Gasteiger partial charge in [-0.25, -0.2) is 8.78 Å². The Morgan fingerprint density at radius 3 is 2.03 bits per heavy atom. The molecule has 0 saturated carbocycles. The van der Waals surface area contributed by atoms with Gasteiger partial charge in [0.15, 0.2) is 0 Å². The van der Waals surface area contributed by atoms with E-state index in [0.29, 0.717) is 22.5 Å². The maximum absolute atomic E-state index is 14.0. The summed E-state index contributed by atoms with van der Waals surface area (Å²) in [5.41, 5.74) is 12.4. The number of nitrogens with one attached hydrogen (secondary N) is 1. The summed E-state index contributed by atoms with van der Waals surface area (Å²) < 4.78 is 27.3. The second kappa shape index (κ2) is 15.4. The van der Waals surface area contributed by atoms with Gasteiger partial charge in [0.25, 0.3) is 0 Å². The van der Waals surface area contributed by atoms with Crippen LogP contribution in [0.25, 0.3) is 10.5 Å². The number of nitrogens with two attached hydrogens (primary N) is 1. The highest BCUT2D eigenvalue weighted by molar-refractivity contribution is 8.10. The molecule has 0 atom stereocenters. The normalized spacial score (nSPS) is 11.3. The second-order valence-corrected chi connectivity index (χ2v) is 9.38. The smallest absolute Gasteiger partial charge is 0.127 e. The van der Waals surface area contributed by atoms with E-state index in [0.717, 1.165) is 32.7 Å². The first-order chi connectivity index (χ1) is 16.3. The van der Waals surface area contributed by atoms with Crippen LogP contribution < -0.4 is 5.73 Å². The summed E-state index contributed by atoms with van der Waals surface area (Å²) in [5.74, 6) is -0.143. The molecule has 0 aliphatic carbocycles. The summed E-state index contributed by atoms with van der Waals surface area (Å²) in [6, 6.07) is 6.70. The quantitative estimate of drug-likeness (QED) is 0.388. The van der Waals surface area contributed by atoms with Gasteiger partial charge in [0.2, 0.25) is 0 Å². The standard InChI is InChI=1S/C15H19FS.C13H17FN2.C2H6/c1-6-7-17-12(5)13-8-11(4)15(10(2)3)14(16)9-13;1-7-8(2)12(14)6-5-11(7)13(9(3)15)10(4)16;1-2/h6-10H,5H2,1-4H3;5-6,15H,16H2,1-4H3;1-2H3/b7-6-;13-10+,15-9?;. The lowest BCUT2D eigenvalue weighted by atomic mass is 9.93. The average Bonchev–Trinajstić information content (AvgIpc) is 2.78. The molecular formula is C30H42F2N2S. The number of hydrogen-bond acceptors (Lipinski definition) is 3. The Bertz CT molecular complexity index is 1070. The minimum Gasteiger partial charge on any atom is -0.402 e. The lowest BCUT2D eigenvalue weighted by molar-refractivity contribution is 0.595. The van der Waals surface area contributed by atoms with Gasteiger partial charge in [0, 0.05) is 21.9 Å². The van der Waals surface area contributed by atoms with Gasteiger partial charge in [0.1, 0.15) is 11.6 Å². The zero-order chi connectivity index (χ0) is 27.5. The van der Waals surface area contributed by atoms with E-state index in [1.54, 1.807) is 32.9 Å². The summed E-state index contributed by atoms with van der Waals surface area (Å²) in [4.78, 5) is 0.875. The highest BCUT2D eigenvalue weighted by Gasteiger charge is 2.14. The first-order valence-corrected chi connectivity index (χ1v) is 12.8. The van der Waals surface area contributed by atoms with Crippen molar-refractivity contribution in [2.45, 2.75) is 75.2 Å². The van der Waals surface area contributed by atoms with Crippen LogP contribution in [0.3, 0.4) is 0 Å². The van der Waals surface area contributed by atoms with E-state index in [4.69, 9.17) is 11.1 Å². The molecule has 0 aromatic heterocycles. The highest BCUT2D eigenvalue weighted by Crippen LogP contribution is 2.31. The molecule has 0 amide bonds. The molecule has 35 heavy (non-hydrogen) atoms. The molecule has 0 unspecified atom stereocenters. The van der Waals surface area contributed by atoms with Crippen LogP contribution in [-0.4, -0.2) is 5.71 Å². The van der Waals surface area contributed by atoms with Gasteiger partial charge in [0.05, 0.1) is 0 Å². The van der Waals surface area contributed by atoms with E-state index < -0.39 is 0 Å². The van der Waals surface area contributed by atoms with E-state index in [-0.39, 0.29) is 17.6 Å². The van der Waals surface area contributed by atoms with E-state index >= 15 is 0 Å². The predicted molar refractivity (Wildman–Crippen MR) is 154 cm³/mol. The maximum Gasteiger partial charge on any atom is 0.127 e. The third-order valence-corrected chi connectivity index (χ3v) is 6.27. The highest BCUT2D eigenvalue weighted by atomic mass is 32.2. The van der Waals surface area contributed by atoms with Crippen molar-refractivity contribution in [3.05, 3.63) is 93.0 Å². The van der Waals surface area contributed by atoms with Crippen LogP contribution in [0.2, 0.25) is 0 Å². The number of hydrogen-bond donors (Lipinski definition) is 2. The van der Waals surface area contributed by atoms with Gasteiger partial charge >= 0.3 is 0 Å². The molecule has 0 aliphatic heterocycles. The fourth-order valence-electron chi connectivity index (χ4n) is 3.63. The zero-order valence-electron chi connectivity index (χ0n) is 23.0. The van der Waals surface area contributed by atoms with Crippen molar-refractivity contribution in [2.24, 2.45) is 5.73 Å². The fourth-order valence-corrected chi connectivity index (χ4v) is 4.19. The minimum atomic E-state index is -0.224. The number of halogens is 2. The molecule has 2 nitrogen and oxygen atoms in total. The van der Waals surface area contributed by atoms with Gasteiger partial charge in [-0.15, -0.1) is 0 Å². The van der Waals surface area contributed by atoms with Gasteiger partial charge in [-0.1, -0.05) is 64.2 Å². The molecule has 192 valence electrons. The van der Waals surface area contributed by atoms with Crippen molar-refractivity contribution in [1.29, 1.82) is 5.41 Å². The van der Waals surface area contributed by atoms with Gasteiger partial charge in [-0.3, -0.25) is 0 Å². The summed E-state index contributed by atoms with van der Waals surface area (Å²) in [6.07, 6.45) is 1.95.